The van der Waals surface area contributed by atoms with Gasteiger partial charge < -0.3 is 14.8 Å². The number of fused-ring (bicyclic) bond motifs is 1. The highest BCUT2D eigenvalue weighted by molar-refractivity contribution is 5.93. The molecule has 6 nitrogen and oxygen atoms in total. The molecule has 3 rings (SSSR count). The summed E-state index contributed by atoms with van der Waals surface area (Å²) in [6, 6.07) is 10.0. The molecular weight excluding hydrogens is 332 g/mol. The lowest BCUT2D eigenvalue weighted by Gasteiger charge is -2.12. The lowest BCUT2D eigenvalue weighted by atomic mass is 10.1. The quantitative estimate of drug-likeness (QED) is 0.659. The Morgan fingerprint density at radius 1 is 1.23 bits per heavy atom. The highest BCUT2D eigenvalue weighted by Crippen LogP contribution is 2.29. The van der Waals surface area contributed by atoms with Crippen molar-refractivity contribution in [2.45, 2.75) is 26.7 Å². The Balaban J connectivity index is 2.09. The zero-order chi connectivity index (χ0) is 18.7. The molecule has 6 heteroatoms. The van der Waals surface area contributed by atoms with E-state index in [-0.39, 0.29) is 16.5 Å². The smallest absolute Gasteiger partial charge is 0.335 e. The number of carboxylic acid groups (broad SMARTS) is 1. The molecule has 2 N–H and O–H groups in total. The number of nitrogens with one attached hydrogen (secondary N) is 1. The summed E-state index contributed by atoms with van der Waals surface area (Å²) in [6.07, 6.45) is 1.96. The largest absolute Gasteiger partial charge is 0.493 e. The number of hydrogen-bond acceptors (Lipinski definition) is 4. The topological polar surface area (TPSA) is 92.3 Å². The zero-order valence-electron chi connectivity index (χ0n) is 14.7. The Morgan fingerprint density at radius 2 is 2.04 bits per heavy atom. The van der Waals surface area contributed by atoms with Crippen LogP contribution in [0.4, 0.5) is 0 Å². The van der Waals surface area contributed by atoms with Crippen molar-refractivity contribution in [1.82, 2.24) is 9.97 Å². The van der Waals surface area contributed by atoms with Crippen LogP contribution >= 0.6 is 0 Å². The first kappa shape index (κ1) is 17.7. The molecule has 0 unspecified atom stereocenters. The Labute approximate surface area is 150 Å². The summed E-state index contributed by atoms with van der Waals surface area (Å²) in [5.74, 6) is -0.0132. The molecule has 0 aliphatic heterocycles. The first-order valence-corrected chi connectivity index (χ1v) is 8.51. The summed E-state index contributed by atoms with van der Waals surface area (Å²) in [5, 5.41) is 9.33. The molecule has 0 saturated carbocycles. The van der Waals surface area contributed by atoms with Gasteiger partial charge in [0, 0.05) is 0 Å². The highest BCUT2D eigenvalue weighted by Gasteiger charge is 2.13. The minimum atomic E-state index is -1.08. The summed E-state index contributed by atoms with van der Waals surface area (Å²) in [6.45, 7) is 4.65. The van der Waals surface area contributed by atoms with Crippen molar-refractivity contribution in [3.05, 3.63) is 57.9 Å². The molecule has 0 aliphatic carbocycles. The van der Waals surface area contributed by atoms with E-state index in [9.17, 15) is 9.59 Å². The van der Waals surface area contributed by atoms with Gasteiger partial charge in [0.05, 0.1) is 28.6 Å². The molecule has 134 valence electrons. The predicted molar refractivity (Wildman–Crippen MR) is 99.9 cm³/mol. The van der Waals surface area contributed by atoms with Crippen LogP contribution in [0, 0.1) is 6.92 Å². The highest BCUT2D eigenvalue weighted by atomic mass is 16.5. The number of hydrogen-bond donors (Lipinski definition) is 2. The maximum atomic E-state index is 12.5. The van der Waals surface area contributed by atoms with Crippen LogP contribution in [0.25, 0.3) is 22.3 Å². The number of aryl methyl sites for hydroxylation is 1. The predicted octanol–water partition coefficient (Wildman–Crippen LogP) is 3.78. The van der Waals surface area contributed by atoms with Crippen molar-refractivity contribution in [3.63, 3.8) is 0 Å². The van der Waals surface area contributed by atoms with Crippen LogP contribution < -0.4 is 10.3 Å². The minimum absolute atomic E-state index is 0.0523. The van der Waals surface area contributed by atoms with E-state index in [2.05, 4.69) is 16.9 Å². The Hall–Kier alpha value is -3.15. The van der Waals surface area contributed by atoms with Crippen LogP contribution in [0.3, 0.4) is 0 Å². The van der Waals surface area contributed by atoms with Crippen molar-refractivity contribution in [3.8, 4) is 17.1 Å². The lowest BCUT2D eigenvalue weighted by Crippen LogP contribution is -2.11. The number of ether oxygens (including phenoxy) is 1. The number of benzene rings is 2. The zero-order valence-corrected chi connectivity index (χ0v) is 14.7. The van der Waals surface area contributed by atoms with Gasteiger partial charge in [-0.2, -0.15) is 0 Å². The second-order valence-electron chi connectivity index (χ2n) is 6.15. The summed E-state index contributed by atoms with van der Waals surface area (Å²) >= 11 is 0. The first-order valence-electron chi connectivity index (χ1n) is 8.51. The molecule has 0 amide bonds. The third-order valence-corrected chi connectivity index (χ3v) is 4.10. The number of rotatable bonds is 6. The maximum absolute atomic E-state index is 12.5. The number of nitrogens with zero attached hydrogens (tertiary/aromatic N) is 1. The molecule has 1 heterocycles. The van der Waals surface area contributed by atoms with Gasteiger partial charge >= 0.3 is 5.97 Å². The van der Waals surface area contributed by atoms with Crippen molar-refractivity contribution in [1.29, 1.82) is 0 Å². The van der Waals surface area contributed by atoms with Gasteiger partial charge in [-0.15, -0.1) is 0 Å². The molecule has 0 bridgehead atoms. The van der Waals surface area contributed by atoms with Crippen LogP contribution in [0.5, 0.6) is 5.75 Å². The normalized spacial score (nSPS) is 10.8. The van der Waals surface area contributed by atoms with Gasteiger partial charge in [0.25, 0.3) is 5.56 Å². The van der Waals surface area contributed by atoms with E-state index >= 15 is 0 Å². The van der Waals surface area contributed by atoms with Crippen LogP contribution in [0.15, 0.2) is 41.2 Å². The standard InChI is InChI=1S/C20H20N2O4/c1-3-4-9-26-17-10-12(2)5-7-14(17)18-21-16-8-6-13(20(24)25)11-15(16)19(23)22-18/h5-8,10-11H,3-4,9H2,1-2H3,(H,24,25)(H,21,22,23). The fourth-order valence-corrected chi connectivity index (χ4v) is 2.67. The van der Waals surface area contributed by atoms with E-state index < -0.39 is 5.97 Å². The van der Waals surface area contributed by atoms with Gasteiger partial charge in [-0.25, -0.2) is 9.78 Å². The van der Waals surface area contributed by atoms with Crippen LogP contribution in [-0.2, 0) is 0 Å². The Bertz CT molecular complexity index is 1020. The van der Waals surface area contributed by atoms with Crippen molar-refractivity contribution < 1.29 is 14.6 Å². The maximum Gasteiger partial charge on any atom is 0.335 e. The number of carboxylic acids is 1. The fourth-order valence-electron chi connectivity index (χ4n) is 2.67. The molecular formula is C20H20N2O4. The van der Waals surface area contributed by atoms with Gasteiger partial charge in [-0.3, -0.25) is 4.79 Å². The average molecular weight is 352 g/mol. The van der Waals surface area contributed by atoms with E-state index in [1.54, 1.807) is 6.07 Å². The number of H-pyrrole nitrogens is 1. The summed E-state index contributed by atoms with van der Waals surface area (Å²) < 4.78 is 5.88. The third-order valence-electron chi connectivity index (χ3n) is 4.10. The summed E-state index contributed by atoms with van der Waals surface area (Å²) in [5.41, 5.74) is 1.86. The lowest BCUT2D eigenvalue weighted by molar-refractivity contribution is 0.0697. The summed E-state index contributed by atoms with van der Waals surface area (Å²) in [7, 11) is 0. The monoisotopic (exact) mass is 352 g/mol. The van der Waals surface area contributed by atoms with Crippen LogP contribution in [0.1, 0.15) is 35.7 Å². The van der Waals surface area contributed by atoms with Gasteiger partial charge in [-0.1, -0.05) is 19.4 Å². The number of aromatic nitrogens is 2. The second-order valence-corrected chi connectivity index (χ2v) is 6.15. The molecule has 0 radical (unpaired) electrons. The van der Waals surface area contributed by atoms with E-state index in [0.717, 1.165) is 18.4 Å². The molecule has 26 heavy (non-hydrogen) atoms. The van der Waals surface area contributed by atoms with Gasteiger partial charge in [-0.05, 0) is 49.2 Å². The Morgan fingerprint density at radius 3 is 2.77 bits per heavy atom. The number of aromatic carboxylic acids is 1. The van der Waals surface area contributed by atoms with Crippen molar-refractivity contribution in [2.24, 2.45) is 0 Å². The molecule has 0 fully saturated rings. The van der Waals surface area contributed by atoms with Crippen molar-refractivity contribution in [2.75, 3.05) is 6.61 Å². The molecule has 1 aromatic heterocycles. The average Bonchev–Trinajstić information content (AvgIpc) is 2.61. The van der Waals surface area contributed by atoms with E-state index in [4.69, 9.17) is 9.84 Å². The summed E-state index contributed by atoms with van der Waals surface area (Å²) in [4.78, 5) is 30.8. The van der Waals surface area contributed by atoms with E-state index in [1.807, 2.05) is 25.1 Å². The van der Waals surface area contributed by atoms with Gasteiger partial charge in [0.1, 0.15) is 11.6 Å². The fraction of sp³-hybridized carbons (Fsp3) is 0.250. The molecule has 0 atom stereocenters. The SMILES string of the molecule is CCCCOc1cc(C)ccc1-c1nc2ccc(C(=O)O)cc2c(=O)[nH]1. The molecule has 0 spiro atoms. The second kappa shape index (κ2) is 7.39. The minimum Gasteiger partial charge on any atom is -0.493 e. The van der Waals surface area contributed by atoms with Crippen LogP contribution in [0.2, 0.25) is 0 Å². The molecule has 0 aliphatic rings. The van der Waals surface area contributed by atoms with Gasteiger partial charge in [0.2, 0.25) is 0 Å². The first-order chi connectivity index (χ1) is 12.5. The van der Waals surface area contributed by atoms with E-state index in [0.29, 0.717) is 29.3 Å². The van der Waals surface area contributed by atoms with Crippen LogP contribution in [-0.4, -0.2) is 27.7 Å². The molecule has 2 aromatic carbocycles. The number of unbranched alkanes of at least 4 members (excludes halogenated alkanes) is 1. The van der Waals surface area contributed by atoms with Gasteiger partial charge in [0.15, 0.2) is 0 Å². The number of aromatic amines is 1. The van der Waals surface area contributed by atoms with Crippen molar-refractivity contribution >= 4 is 16.9 Å². The molecule has 3 aromatic rings. The van der Waals surface area contributed by atoms with E-state index in [1.165, 1.54) is 12.1 Å². The third kappa shape index (κ3) is 3.59. The number of carbonyl (C=O) groups is 1. The molecule has 0 saturated heterocycles. The Kier molecular flexibility index (Phi) is 5.02.